The van der Waals surface area contributed by atoms with Crippen molar-refractivity contribution in [1.29, 1.82) is 0 Å². The van der Waals surface area contributed by atoms with E-state index in [0.29, 0.717) is 19.0 Å². The summed E-state index contributed by atoms with van der Waals surface area (Å²) in [5, 5.41) is 3.15. The van der Waals surface area contributed by atoms with Crippen molar-refractivity contribution in [2.45, 2.75) is 31.2 Å². The summed E-state index contributed by atoms with van der Waals surface area (Å²) in [5.41, 5.74) is 0. The van der Waals surface area contributed by atoms with Gasteiger partial charge in [-0.25, -0.2) is 12.8 Å². The van der Waals surface area contributed by atoms with E-state index in [0.717, 1.165) is 0 Å². The van der Waals surface area contributed by atoms with Crippen LogP contribution in [-0.4, -0.2) is 26.8 Å². The molecule has 3 nitrogen and oxygen atoms in total. The Kier molecular flexibility index (Phi) is 5.08. The zero-order valence-corrected chi connectivity index (χ0v) is 10.9. The second-order valence-corrected chi connectivity index (χ2v) is 6.34. The second-order valence-electron chi connectivity index (χ2n) is 4.24. The molecule has 0 amide bonds. The average Bonchev–Trinajstić information content (AvgIpc) is 2.25. The molecule has 1 aromatic carbocycles. The Hall–Kier alpha value is -0.940. The van der Waals surface area contributed by atoms with Gasteiger partial charge in [0.15, 0.2) is 9.84 Å². The van der Waals surface area contributed by atoms with Crippen LogP contribution in [0.3, 0.4) is 0 Å². The Balaban J connectivity index is 2.54. The molecule has 1 N–H and O–H groups in total. The summed E-state index contributed by atoms with van der Waals surface area (Å²) in [4.78, 5) is 0.184. The van der Waals surface area contributed by atoms with Gasteiger partial charge >= 0.3 is 0 Å². The van der Waals surface area contributed by atoms with Gasteiger partial charge < -0.3 is 5.32 Å². The van der Waals surface area contributed by atoms with Gasteiger partial charge in [-0.1, -0.05) is 13.8 Å². The summed E-state index contributed by atoms with van der Waals surface area (Å²) >= 11 is 0. The quantitative estimate of drug-likeness (QED) is 0.627. The Morgan fingerprint density at radius 3 is 2.35 bits per heavy atom. The van der Waals surface area contributed by atoms with Gasteiger partial charge in [-0.05, 0) is 37.2 Å². The van der Waals surface area contributed by atoms with E-state index in [2.05, 4.69) is 5.32 Å². The highest BCUT2D eigenvalue weighted by atomic mass is 32.2. The van der Waals surface area contributed by atoms with E-state index in [1.807, 2.05) is 13.8 Å². The lowest BCUT2D eigenvalue weighted by Crippen LogP contribution is -2.25. The molecule has 0 bridgehead atoms. The summed E-state index contributed by atoms with van der Waals surface area (Å²) < 4.78 is 36.3. The highest BCUT2D eigenvalue weighted by Crippen LogP contribution is 2.12. The second kappa shape index (κ2) is 6.12. The molecule has 0 saturated heterocycles. The smallest absolute Gasteiger partial charge is 0.178 e. The van der Waals surface area contributed by atoms with Gasteiger partial charge in [0.25, 0.3) is 0 Å². The van der Waals surface area contributed by atoms with Crippen LogP contribution in [-0.2, 0) is 9.84 Å². The fraction of sp³-hybridized carbons (Fsp3) is 0.500. The molecule has 1 rings (SSSR count). The van der Waals surface area contributed by atoms with Crippen molar-refractivity contribution in [1.82, 2.24) is 5.32 Å². The summed E-state index contributed by atoms with van der Waals surface area (Å²) in [6, 6.07) is 5.29. The predicted octanol–water partition coefficient (Wildman–Crippen LogP) is 1.99. The first-order chi connectivity index (χ1) is 7.92. The lowest BCUT2D eigenvalue weighted by Gasteiger charge is -2.08. The molecule has 0 fully saturated rings. The summed E-state index contributed by atoms with van der Waals surface area (Å²) in [7, 11) is -3.28. The number of benzene rings is 1. The van der Waals surface area contributed by atoms with E-state index in [1.165, 1.54) is 24.3 Å². The monoisotopic (exact) mass is 259 g/mol. The minimum atomic E-state index is -3.28. The maximum atomic E-state index is 12.7. The standard InChI is InChI=1S/C12H18FNO2S/c1-10(2)14-8-3-9-17(15,16)12-6-4-11(13)5-7-12/h4-7,10,14H,3,8-9H2,1-2H3. The Labute approximate surface area is 102 Å². The Bertz CT molecular complexity index is 440. The van der Waals surface area contributed by atoms with E-state index in [1.54, 1.807) is 0 Å². The normalized spacial score (nSPS) is 12.0. The van der Waals surface area contributed by atoms with Crippen LogP contribution in [0.15, 0.2) is 29.2 Å². The highest BCUT2D eigenvalue weighted by Gasteiger charge is 2.13. The van der Waals surface area contributed by atoms with Crippen LogP contribution in [0.2, 0.25) is 0 Å². The first-order valence-corrected chi connectivity index (χ1v) is 7.29. The minimum Gasteiger partial charge on any atom is -0.314 e. The van der Waals surface area contributed by atoms with Gasteiger partial charge in [0.2, 0.25) is 0 Å². The van der Waals surface area contributed by atoms with Crippen molar-refractivity contribution >= 4 is 9.84 Å². The average molecular weight is 259 g/mol. The number of hydrogen-bond donors (Lipinski definition) is 1. The molecule has 0 unspecified atom stereocenters. The van der Waals surface area contributed by atoms with Crippen molar-refractivity contribution in [2.24, 2.45) is 0 Å². The van der Waals surface area contributed by atoms with Crippen molar-refractivity contribution in [2.75, 3.05) is 12.3 Å². The molecule has 17 heavy (non-hydrogen) atoms. The van der Waals surface area contributed by atoms with Gasteiger partial charge in [-0.2, -0.15) is 0 Å². The maximum absolute atomic E-state index is 12.7. The summed E-state index contributed by atoms with van der Waals surface area (Å²) in [5.74, 6) is -0.344. The third kappa shape index (κ3) is 4.83. The number of halogens is 1. The van der Waals surface area contributed by atoms with E-state index in [4.69, 9.17) is 0 Å². The molecular weight excluding hydrogens is 241 g/mol. The van der Waals surface area contributed by atoms with Crippen LogP contribution in [0.4, 0.5) is 4.39 Å². The zero-order chi connectivity index (χ0) is 12.9. The molecule has 0 spiro atoms. The van der Waals surface area contributed by atoms with E-state index in [-0.39, 0.29) is 10.6 Å². The van der Waals surface area contributed by atoms with Crippen LogP contribution in [0.5, 0.6) is 0 Å². The zero-order valence-electron chi connectivity index (χ0n) is 10.1. The first-order valence-electron chi connectivity index (χ1n) is 5.63. The number of sulfone groups is 1. The lowest BCUT2D eigenvalue weighted by molar-refractivity contribution is 0.568. The fourth-order valence-electron chi connectivity index (χ4n) is 1.41. The molecule has 0 aliphatic heterocycles. The fourth-order valence-corrected chi connectivity index (χ4v) is 2.72. The molecule has 0 aliphatic rings. The van der Waals surface area contributed by atoms with Gasteiger partial charge in [0, 0.05) is 6.04 Å². The SMILES string of the molecule is CC(C)NCCCS(=O)(=O)c1ccc(F)cc1. The molecule has 1 aromatic rings. The number of rotatable bonds is 6. The Morgan fingerprint density at radius 2 is 1.82 bits per heavy atom. The molecule has 0 aliphatic carbocycles. The molecule has 0 radical (unpaired) electrons. The van der Waals surface area contributed by atoms with E-state index < -0.39 is 15.7 Å². The summed E-state index contributed by atoms with van der Waals surface area (Å²) in [6.07, 6.45) is 0.553. The third-order valence-corrected chi connectivity index (χ3v) is 4.13. The number of hydrogen-bond acceptors (Lipinski definition) is 3. The van der Waals surface area contributed by atoms with Crippen molar-refractivity contribution < 1.29 is 12.8 Å². The van der Waals surface area contributed by atoms with Gasteiger partial charge in [0.05, 0.1) is 10.6 Å². The molecule has 5 heteroatoms. The van der Waals surface area contributed by atoms with Gasteiger partial charge in [0.1, 0.15) is 5.82 Å². The maximum Gasteiger partial charge on any atom is 0.178 e. The van der Waals surface area contributed by atoms with Crippen LogP contribution in [0.1, 0.15) is 20.3 Å². The third-order valence-electron chi connectivity index (χ3n) is 2.32. The van der Waals surface area contributed by atoms with Crippen LogP contribution in [0.25, 0.3) is 0 Å². The van der Waals surface area contributed by atoms with Crippen molar-refractivity contribution in [3.63, 3.8) is 0 Å². The largest absolute Gasteiger partial charge is 0.314 e. The van der Waals surface area contributed by atoms with E-state index in [9.17, 15) is 12.8 Å². The molecular formula is C12H18FNO2S. The number of nitrogens with one attached hydrogen (secondary N) is 1. The molecule has 96 valence electrons. The first kappa shape index (κ1) is 14.1. The van der Waals surface area contributed by atoms with Crippen LogP contribution < -0.4 is 5.32 Å². The predicted molar refractivity (Wildman–Crippen MR) is 66.2 cm³/mol. The molecule has 0 heterocycles. The Morgan fingerprint density at radius 1 is 1.24 bits per heavy atom. The van der Waals surface area contributed by atoms with Crippen molar-refractivity contribution in [3.05, 3.63) is 30.1 Å². The lowest BCUT2D eigenvalue weighted by atomic mass is 10.3. The minimum absolute atomic E-state index is 0.0817. The molecule has 0 aromatic heterocycles. The van der Waals surface area contributed by atoms with Gasteiger partial charge in [-0.15, -0.1) is 0 Å². The highest BCUT2D eigenvalue weighted by molar-refractivity contribution is 7.91. The van der Waals surface area contributed by atoms with Crippen LogP contribution in [0, 0.1) is 5.82 Å². The van der Waals surface area contributed by atoms with E-state index >= 15 is 0 Å². The summed E-state index contributed by atoms with van der Waals surface area (Å²) in [6.45, 7) is 4.68. The molecule has 0 atom stereocenters. The van der Waals surface area contributed by atoms with Crippen molar-refractivity contribution in [3.8, 4) is 0 Å². The topological polar surface area (TPSA) is 46.2 Å². The van der Waals surface area contributed by atoms with Gasteiger partial charge in [-0.3, -0.25) is 0 Å². The van der Waals surface area contributed by atoms with Crippen LogP contribution >= 0.6 is 0 Å². The molecule has 0 saturated carbocycles.